The lowest BCUT2D eigenvalue weighted by atomic mass is 10.0. The quantitative estimate of drug-likeness (QED) is 0.229. The number of phenols is 1. The van der Waals surface area contributed by atoms with Crippen molar-refractivity contribution in [2.75, 3.05) is 0 Å². The number of hydrogen-bond acceptors (Lipinski definition) is 3. The predicted molar refractivity (Wildman–Crippen MR) is 104 cm³/mol. The molecule has 0 fully saturated rings. The van der Waals surface area contributed by atoms with Crippen LogP contribution in [0.25, 0.3) is 27.7 Å². The maximum Gasteiger partial charge on any atom is 0.281 e. The average Bonchev–Trinajstić information content (AvgIpc) is 2.76. The van der Waals surface area contributed by atoms with E-state index >= 15 is 0 Å². The van der Waals surface area contributed by atoms with Gasteiger partial charge in [0, 0.05) is 11.6 Å². The van der Waals surface area contributed by atoms with Crippen molar-refractivity contribution in [3.05, 3.63) is 85.9 Å². The van der Waals surface area contributed by atoms with Crippen LogP contribution in [0.1, 0.15) is 0 Å². The third kappa shape index (κ3) is 3.12. The second-order valence-electron chi connectivity index (χ2n) is 6.29. The van der Waals surface area contributed by atoms with E-state index in [0.29, 0.717) is 0 Å². The van der Waals surface area contributed by atoms with E-state index in [0.717, 1.165) is 6.07 Å². The summed E-state index contributed by atoms with van der Waals surface area (Å²) in [5.74, 6) is -12.0. The molecule has 4 aromatic rings. The Morgan fingerprint density at radius 1 is 0.839 bits per heavy atom. The van der Waals surface area contributed by atoms with Gasteiger partial charge in [-0.05, 0) is 0 Å². The summed E-state index contributed by atoms with van der Waals surface area (Å²) in [6.45, 7) is 0. The first-order valence-corrected chi connectivity index (χ1v) is 9.12. The molecule has 0 spiro atoms. The molecule has 11 heteroatoms. The van der Waals surface area contributed by atoms with Gasteiger partial charge in [-0.2, -0.15) is 9.78 Å². The number of aromatic nitrogens is 2. The Kier molecular flexibility index (Phi) is 5.10. The molecule has 0 amide bonds. The van der Waals surface area contributed by atoms with Crippen LogP contribution in [0.3, 0.4) is 0 Å². The molecule has 0 saturated heterocycles. The Labute approximate surface area is 179 Å². The molecule has 0 aliphatic rings. The summed E-state index contributed by atoms with van der Waals surface area (Å²) in [4.78, 5) is 13.0. The first-order valence-electron chi connectivity index (χ1n) is 8.36. The molecule has 4 rings (SSSR count). The summed E-state index contributed by atoms with van der Waals surface area (Å²) in [5.41, 5.74) is -2.93. The fourth-order valence-corrected chi connectivity index (χ4v) is 3.51. The van der Waals surface area contributed by atoms with E-state index in [-0.39, 0.29) is 26.3 Å². The number of hydrogen-bond donors (Lipinski definition) is 1. The normalized spacial score (nSPS) is 11.3. The highest BCUT2D eigenvalue weighted by molar-refractivity contribution is 6.45. The van der Waals surface area contributed by atoms with Crippen LogP contribution in [0.15, 0.2) is 41.2 Å². The molecule has 0 radical (unpaired) electrons. The zero-order valence-corrected chi connectivity index (χ0v) is 16.4. The number of phenolic OH excluding ortho intramolecular Hbond substituents is 1. The lowest BCUT2D eigenvalue weighted by Gasteiger charge is -2.15. The Bertz CT molecular complexity index is 1410. The number of aromatic hydroxyl groups is 1. The highest BCUT2D eigenvalue weighted by atomic mass is 35.5. The third-order valence-corrected chi connectivity index (χ3v) is 5.27. The molecule has 1 heterocycles. The molecule has 3 aromatic carbocycles. The minimum atomic E-state index is -2.39. The number of benzene rings is 3. The number of fused-ring (bicyclic) bond motifs is 1. The zero-order chi connectivity index (χ0) is 22.6. The molecule has 0 unspecified atom stereocenters. The predicted octanol–water partition coefficient (Wildman–Crippen LogP) is 5.76. The molecule has 0 bridgehead atoms. The maximum atomic E-state index is 14.4. The standard InChI is InChI=1S/C20H7Cl2F5N2O2/c21-8-6-9(30)10-11(12(8)22)20(31)29(28-18(10)7-4-2-1-3-5-7)19-16(26)14(24)13(23)15(25)17(19)27/h1-6,30H. The van der Waals surface area contributed by atoms with E-state index in [2.05, 4.69) is 5.10 Å². The van der Waals surface area contributed by atoms with Gasteiger partial charge in [-0.15, -0.1) is 0 Å². The van der Waals surface area contributed by atoms with Gasteiger partial charge in [-0.1, -0.05) is 53.5 Å². The fourth-order valence-electron chi connectivity index (χ4n) is 3.08. The van der Waals surface area contributed by atoms with Crippen molar-refractivity contribution in [1.29, 1.82) is 0 Å². The summed E-state index contributed by atoms with van der Waals surface area (Å²) in [6, 6.07) is 8.75. The van der Waals surface area contributed by atoms with Crippen LogP contribution in [0, 0.1) is 29.1 Å². The van der Waals surface area contributed by atoms with Crippen molar-refractivity contribution in [3.63, 3.8) is 0 Å². The maximum absolute atomic E-state index is 14.4. The van der Waals surface area contributed by atoms with Crippen LogP contribution < -0.4 is 5.56 Å². The van der Waals surface area contributed by atoms with Crippen molar-refractivity contribution in [2.24, 2.45) is 0 Å². The molecule has 158 valence electrons. The lowest BCUT2D eigenvalue weighted by molar-refractivity contribution is 0.373. The van der Waals surface area contributed by atoms with Gasteiger partial charge in [0.15, 0.2) is 23.3 Å². The molecule has 31 heavy (non-hydrogen) atoms. The Balaban J connectivity index is 2.27. The van der Waals surface area contributed by atoms with Gasteiger partial charge >= 0.3 is 0 Å². The zero-order valence-electron chi connectivity index (χ0n) is 14.9. The minimum Gasteiger partial charge on any atom is -0.507 e. The van der Waals surface area contributed by atoms with Crippen LogP contribution in [-0.2, 0) is 0 Å². The third-order valence-electron chi connectivity index (χ3n) is 4.49. The summed E-state index contributed by atoms with van der Waals surface area (Å²) in [7, 11) is 0. The molecule has 0 aliphatic heterocycles. The van der Waals surface area contributed by atoms with Crippen LogP contribution in [0.4, 0.5) is 22.0 Å². The Morgan fingerprint density at radius 2 is 1.39 bits per heavy atom. The van der Waals surface area contributed by atoms with Crippen molar-refractivity contribution in [3.8, 4) is 22.7 Å². The molecule has 4 nitrogen and oxygen atoms in total. The van der Waals surface area contributed by atoms with Crippen molar-refractivity contribution in [1.82, 2.24) is 9.78 Å². The van der Waals surface area contributed by atoms with Crippen molar-refractivity contribution in [2.45, 2.75) is 0 Å². The van der Waals surface area contributed by atoms with Gasteiger partial charge in [-0.3, -0.25) is 4.79 Å². The summed E-state index contributed by atoms with van der Waals surface area (Å²) in [6.07, 6.45) is 0. The minimum absolute atomic E-state index is 0.00256. The number of rotatable bonds is 2. The van der Waals surface area contributed by atoms with Gasteiger partial charge in [0.25, 0.3) is 5.56 Å². The number of nitrogens with zero attached hydrogens (tertiary/aromatic N) is 2. The molecule has 1 N–H and O–H groups in total. The van der Waals surface area contributed by atoms with Crippen LogP contribution in [-0.4, -0.2) is 14.9 Å². The van der Waals surface area contributed by atoms with E-state index in [4.69, 9.17) is 23.2 Å². The van der Waals surface area contributed by atoms with Gasteiger partial charge in [0.1, 0.15) is 17.1 Å². The highest BCUT2D eigenvalue weighted by Gasteiger charge is 2.30. The molecular weight excluding hydrogens is 466 g/mol. The lowest BCUT2D eigenvalue weighted by Crippen LogP contribution is -2.26. The SMILES string of the molecule is O=c1c2c(Cl)c(Cl)cc(O)c2c(-c2ccccc2)nn1-c1c(F)c(F)c(F)c(F)c1F. The van der Waals surface area contributed by atoms with Crippen LogP contribution in [0.5, 0.6) is 5.75 Å². The molecule has 0 saturated carbocycles. The average molecular weight is 473 g/mol. The van der Waals surface area contributed by atoms with Crippen molar-refractivity contribution < 1.29 is 27.1 Å². The molecular formula is C20H7Cl2F5N2O2. The van der Waals surface area contributed by atoms with E-state index in [9.17, 15) is 31.9 Å². The second kappa shape index (κ2) is 7.51. The molecule has 1 aromatic heterocycles. The summed E-state index contributed by atoms with van der Waals surface area (Å²) >= 11 is 12.0. The summed E-state index contributed by atoms with van der Waals surface area (Å²) in [5, 5.41) is 12.8. The van der Waals surface area contributed by atoms with Crippen LogP contribution in [0.2, 0.25) is 10.0 Å². The van der Waals surface area contributed by atoms with Crippen molar-refractivity contribution >= 4 is 34.0 Å². The van der Waals surface area contributed by atoms with Gasteiger partial charge in [0.2, 0.25) is 5.82 Å². The summed E-state index contributed by atoms with van der Waals surface area (Å²) < 4.78 is 69.9. The molecule has 0 atom stereocenters. The second-order valence-corrected chi connectivity index (χ2v) is 7.08. The van der Waals surface area contributed by atoms with E-state index in [1.54, 1.807) is 18.2 Å². The Morgan fingerprint density at radius 3 is 1.97 bits per heavy atom. The monoisotopic (exact) mass is 472 g/mol. The topological polar surface area (TPSA) is 55.1 Å². The fraction of sp³-hybridized carbons (Fsp3) is 0. The first kappa shape index (κ1) is 21.1. The van der Waals surface area contributed by atoms with E-state index in [1.165, 1.54) is 12.1 Å². The van der Waals surface area contributed by atoms with Gasteiger partial charge in [0.05, 0.1) is 20.8 Å². The smallest absolute Gasteiger partial charge is 0.281 e. The van der Waals surface area contributed by atoms with Crippen LogP contribution >= 0.6 is 23.2 Å². The molecule has 0 aliphatic carbocycles. The van der Waals surface area contributed by atoms with Gasteiger partial charge < -0.3 is 5.11 Å². The first-order chi connectivity index (χ1) is 14.6. The Hall–Kier alpha value is -3.17. The van der Waals surface area contributed by atoms with E-state index in [1.807, 2.05) is 0 Å². The van der Waals surface area contributed by atoms with Gasteiger partial charge in [-0.25, -0.2) is 22.0 Å². The largest absolute Gasteiger partial charge is 0.507 e. The van der Waals surface area contributed by atoms with E-state index < -0.39 is 56.5 Å². The highest BCUT2D eigenvalue weighted by Crippen LogP contribution is 2.40. The number of halogens is 7.